The van der Waals surface area contributed by atoms with E-state index in [2.05, 4.69) is 25.5 Å². The molecule has 5 rings (SSSR count). The largest absolute Gasteiger partial charge is 0.360 e. The van der Waals surface area contributed by atoms with Gasteiger partial charge >= 0.3 is 0 Å². The Bertz CT molecular complexity index is 1150. The maximum atomic E-state index is 13.0. The zero-order chi connectivity index (χ0) is 22.6. The van der Waals surface area contributed by atoms with Crippen molar-refractivity contribution in [3.8, 4) is 0 Å². The van der Waals surface area contributed by atoms with Gasteiger partial charge in [-0.15, -0.1) is 0 Å². The Balaban J connectivity index is 1.21. The average Bonchev–Trinajstić information content (AvgIpc) is 3.56. The van der Waals surface area contributed by atoms with Crippen LogP contribution in [-0.4, -0.2) is 58.1 Å². The lowest BCUT2D eigenvalue weighted by Crippen LogP contribution is -2.45. The first-order valence-electron chi connectivity index (χ1n) is 11.6. The van der Waals surface area contributed by atoms with Crippen LogP contribution in [0.1, 0.15) is 41.7 Å². The van der Waals surface area contributed by atoms with Gasteiger partial charge in [-0.25, -0.2) is 5.53 Å². The second-order valence-electron chi connectivity index (χ2n) is 8.75. The number of hydrogen-bond donors (Lipinski definition) is 3. The summed E-state index contributed by atoms with van der Waals surface area (Å²) in [6.07, 6.45) is 6.42. The molecule has 2 saturated heterocycles. The van der Waals surface area contributed by atoms with Crippen molar-refractivity contribution in [1.82, 2.24) is 20.0 Å². The van der Waals surface area contributed by atoms with E-state index in [1.165, 1.54) is 25.9 Å². The molecule has 0 aliphatic carbocycles. The Morgan fingerprint density at radius 2 is 1.79 bits per heavy atom. The number of H-pyrrole nitrogens is 1. The average molecular weight is 444 g/mol. The van der Waals surface area contributed by atoms with Crippen LogP contribution in [0, 0.1) is 5.53 Å². The molecule has 0 bridgehead atoms. The van der Waals surface area contributed by atoms with Gasteiger partial charge in [-0.3, -0.25) is 9.89 Å². The molecule has 8 heteroatoms. The van der Waals surface area contributed by atoms with E-state index in [1.54, 1.807) is 6.20 Å². The molecule has 2 aromatic carbocycles. The van der Waals surface area contributed by atoms with Crippen LogP contribution < -0.4 is 5.32 Å². The quantitative estimate of drug-likeness (QED) is 0.481. The van der Waals surface area contributed by atoms with E-state index in [0.29, 0.717) is 23.0 Å². The molecule has 0 radical (unpaired) electrons. The Morgan fingerprint density at radius 3 is 2.52 bits per heavy atom. The highest BCUT2D eigenvalue weighted by Crippen LogP contribution is 2.25. The predicted octanol–water partition coefficient (Wildman–Crippen LogP) is 4.70. The number of aromatic amines is 1. The summed E-state index contributed by atoms with van der Waals surface area (Å²) in [6, 6.07) is 15.9. The van der Waals surface area contributed by atoms with Crippen molar-refractivity contribution in [3.63, 3.8) is 0 Å². The molecule has 2 fully saturated rings. The van der Waals surface area contributed by atoms with Crippen molar-refractivity contribution in [1.29, 1.82) is 5.53 Å². The fraction of sp³-hybridized carbons (Fsp3) is 0.360. The van der Waals surface area contributed by atoms with Crippen LogP contribution in [0.2, 0.25) is 0 Å². The highest BCUT2D eigenvalue weighted by atomic mass is 16.2. The first-order valence-corrected chi connectivity index (χ1v) is 11.6. The van der Waals surface area contributed by atoms with E-state index in [1.807, 2.05) is 53.4 Å². The van der Waals surface area contributed by atoms with Crippen LogP contribution in [0.25, 0.3) is 16.6 Å². The third-order valence-electron chi connectivity index (χ3n) is 6.75. The van der Waals surface area contributed by atoms with Crippen LogP contribution in [0.15, 0.2) is 59.8 Å². The Labute approximate surface area is 193 Å². The first-order chi connectivity index (χ1) is 16.2. The zero-order valence-corrected chi connectivity index (χ0v) is 18.6. The van der Waals surface area contributed by atoms with Crippen molar-refractivity contribution >= 4 is 28.2 Å². The van der Waals surface area contributed by atoms with Crippen LogP contribution in [-0.2, 0) is 0 Å². The van der Waals surface area contributed by atoms with E-state index in [-0.39, 0.29) is 5.91 Å². The van der Waals surface area contributed by atoms with E-state index < -0.39 is 0 Å². The van der Waals surface area contributed by atoms with E-state index in [9.17, 15) is 4.79 Å². The minimum Gasteiger partial charge on any atom is -0.360 e. The predicted molar refractivity (Wildman–Crippen MR) is 129 cm³/mol. The molecule has 2 aliphatic rings. The van der Waals surface area contributed by atoms with E-state index in [4.69, 9.17) is 5.53 Å². The lowest BCUT2D eigenvalue weighted by atomic mass is 10.0. The molecule has 3 N–H and O–H groups in total. The standard InChI is InChI=1S/C25H29N7O/c26-28-23(24-21-5-1-2-6-22(21)29-30-24)17-27-19-9-7-18(8-10-19)25(33)32-15-11-20(12-16-32)31-13-3-4-14-31/h1-2,5-10,17,20,26-27H,3-4,11-16H2,(H,29,30)/b23-17-,28-26?. The van der Waals surface area contributed by atoms with Crippen molar-refractivity contribution in [3.05, 3.63) is 66.0 Å². The van der Waals surface area contributed by atoms with Crippen molar-refractivity contribution < 1.29 is 4.79 Å². The first kappa shape index (κ1) is 21.3. The van der Waals surface area contributed by atoms with Crippen molar-refractivity contribution in [2.75, 3.05) is 31.5 Å². The third-order valence-corrected chi connectivity index (χ3v) is 6.75. The number of carbonyl (C=O) groups is 1. The molecule has 33 heavy (non-hydrogen) atoms. The number of likely N-dealkylation sites (tertiary alicyclic amines) is 2. The van der Waals surface area contributed by atoms with Gasteiger partial charge in [0.25, 0.3) is 5.91 Å². The van der Waals surface area contributed by atoms with Crippen LogP contribution in [0.3, 0.4) is 0 Å². The molecule has 2 aliphatic heterocycles. The second kappa shape index (κ2) is 9.54. The van der Waals surface area contributed by atoms with Gasteiger partial charge in [0, 0.05) is 42.0 Å². The molecule has 170 valence electrons. The summed E-state index contributed by atoms with van der Waals surface area (Å²) in [4.78, 5) is 17.5. The fourth-order valence-electron chi connectivity index (χ4n) is 4.90. The Kier molecular flexibility index (Phi) is 6.17. The molecule has 3 heterocycles. The maximum absolute atomic E-state index is 13.0. The van der Waals surface area contributed by atoms with Crippen LogP contribution >= 0.6 is 0 Å². The summed E-state index contributed by atoms with van der Waals surface area (Å²) in [7, 11) is 0. The minimum atomic E-state index is 0.0989. The molecule has 3 aromatic rings. The SMILES string of the molecule is N=N/C(=C\Nc1ccc(C(=O)N2CCC(N3CCCC3)CC2)cc1)c1n[nH]c2ccccc12. The topological polar surface area (TPSA) is 100 Å². The molecule has 0 atom stereocenters. The van der Waals surface area contributed by atoms with Crippen LogP contribution in [0.4, 0.5) is 5.69 Å². The molecule has 1 aromatic heterocycles. The molecule has 0 saturated carbocycles. The third kappa shape index (κ3) is 4.52. The monoisotopic (exact) mass is 443 g/mol. The number of benzene rings is 2. The van der Waals surface area contributed by atoms with Gasteiger partial charge in [-0.05, 0) is 69.1 Å². The number of anilines is 1. The number of carbonyl (C=O) groups excluding carboxylic acids is 1. The van der Waals surface area contributed by atoms with Gasteiger partial charge in [0.1, 0.15) is 11.4 Å². The number of nitrogens with zero attached hydrogens (tertiary/aromatic N) is 4. The number of amides is 1. The normalized spacial score (nSPS) is 18.1. The lowest BCUT2D eigenvalue weighted by molar-refractivity contribution is 0.0644. The smallest absolute Gasteiger partial charge is 0.253 e. The summed E-state index contributed by atoms with van der Waals surface area (Å²) in [5.74, 6) is 0.0989. The van der Waals surface area contributed by atoms with Crippen molar-refractivity contribution in [2.24, 2.45) is 5.11 Å². The molecule has 8 nitrogen and oxygen atoms in total. The van der Waals surface area contributed by atoms with Gasteiger partial charge in [-0.2, -0.15) is 10.2 Å². The highest BCUT2D eigenvalue weighted by Gasteiger charge is 2.28. The fourth-order valence-corrected chi connectivity index (χ4v) is 4.90. The summed E-state index contributed by atoms with van der Waals surface area (Å²) >= 11 is 0. The Hall–Kier alpha value is -3.52. The van der Waals surface area contributed by atoms with Crippen molar-refractivity contribution in [2.45, 2.75) is 31.7 Å². The molecule has 0 unspecified atom stereocenters. The minimum absolute atomic E-state index is 0.0989. The molecule has 1 amide bonds. The molecular formula is C25H29N7O. The van der Waals surface area contributed by atoms with Gasteiger partial charge in [0.15, 0.2) is 0 Å². The van der Waals surface area contributed by atoms with Gasteiger partial charge < -0.3 is 15.1 Å². The second-order valence-corrected chi connectivity index (χ2v) is 8.75. The number of hydrogen-bond acceptors (Lipinski definition) is 6. The van der Waals surface area contributed by atoms with E-state index in [0.717, 1.165) is 42.5 Å². The number of piperidine rings is 1. The van der Waals surface area contributed by atoms with Crippen LogP contribution in [0.5, 0.6) is 0 Å². The number of fused-ring (bicyclic) bond motifs is 1. The molecular weight excluding hydrogens is 414 g/mol. The summed E-state index contributed by atoms with van der Waals surface area (Å²) < 4.78 is 0. The zero-order valence-electron chi connectivity index (χ0n) is 18.6. The van der Waals surface area contributed by atoms with E-state index >= 15 is 0 Å². The summed E-state index contributed by atoms with van der Waals surface area (Å²) in [5.41, 5.74) is 11.0. The van der Waals surface area contributed by atoms with Gasteiger partial charge in [-0.1, -0.05) is 18.2 Å². The maximum Gasteiger partial charge on any atom is 0.253 e. The number of nitrogens with one attached hydrogen (secondary N) is 3. The van der Waals surface area contributed by atoms with Gasteiger partial charge in [0.05, 0.1) is 5.52 Å². The molecule has 0 spiro atoms. The summed E-state index contributed by atoms with van der Waals surface area (Å²) in [6.45, 7) is 4.09. The van der Waals surface area contributed by atoms with Gasteiger partial charge in [0.2, 0.25) is 0 Å². The number of rotatable bonds is 6. The number of aromatic nitrogens is 2. The lowest BCUT2D eigenvalue weighted by Gasteiger charge is -2.36. The summed E-state index contributed by atoms with van der Waals surface area (Å²) in [5, 5.41) is 15.0. The Morgan fingerprint density at radius 1 is 1.06 bits per heavy atom. The highest BCUT2D eigenvalue weighted by molar-refractivity contribution is 5.94. The number of para-hydroxylation sites is 1.